The van der Waals surface area contributed by atoms with Crippen molar-refractivity contribution in [3.8, 4) is 0 Å². The molecule has 0 aromatic carbocycles. The van der Waals surface area contributed by atoms with Gasteiger partial charge in [0.15, 0.2) is 0 Å². The molecule has 0 aromatic rings. The number of thiol groups is 2. The van der Waals surface area contributed by atoms with Crippen LogP contribution in [0.25, 0.3) is 0 Å². The predicted octanol–water partition coefficient (Wildman–Crippen LogP) is 0.327. The molecule has 14 heavy (non-hydrogen) atoms. The molecular weight excluding hydrogens is 220 g/mol. The standard InChI is InChI=1S/C8H18N2O2S2/c13-6-5-12-10-3-1-9(2-4-10)7-11-8-14/h13-14H,1-8H2. The van der Waals surface area contributed by atoms with Crippen LogP contribution in [0.1, 0.15) is 0 Å². The lowest BCUT2D eigenvalue weighted by Gasteiger charge is -2.33. The van der Waals surface area contributed by atoms with E-state index >= 15 is 0 Å². The first-order chi connectivity index (χ1) is 6.86. The van der Waals surface area contributed by atoms with Gasteiger partial charge in [0.2, 0.25) is 0 Å². The topological polar surface area (TPSA) is 24.9 Å². The summed E-state index contributed by atoms with van der Waals surface area (Å²) in [6.07, 6.45) is 0. The second-order valence-electron chi connectivity index (χ2n) is 3.07. The van der Waals surface area contributed by atoms with E-state index in [2.05, 4.69) is 30.2 Å². The monoisotopic (exact) mass is 238 g/mol. The van der Waals surface area contributed by atoms with Gasteiger partial charge >= 0.3 is 0 Å². The average Bonchev–Trinajstić information content (AvgIpc) is 2.25. The number of rotatable bonds is 6. The quantitative estimate of drug-likeness (QED) is 0.514. The van der Waals surface area contributed by atoms with Crippen molar-refractivity contribution in [2.75, 3.05) is 51.2 Å². The Balaban J connectivity index is 2.05. The Morgan fingerprint density at radius 3 is 2.36 bits per heavy atom. The molecule has 84 valence electrons. The normalized spacial score (nSPS) is 20.1. The van der Waals surface area contributed by atoms with Gasteiger partial charge in [0.05, 0.1) is 12.5 Å². The van der Waals surface area contributed by atoms with E-state index in [0.29, 0.717) is 19.3 Å². The Kier molecular flexibility index (Phi) is 7.01. The predicted molar refractivity (Wildman–Crippen MR) is 62.8 cm³/mol. The molecule has 0 atom stereocenters. The lowest BCUT2D eigenvalue weighted by molar-refractivity contribution is -0.176. The number of hydroxylamine groups is 2. The zero-order valence-electron chi connectivity index (χ0n) is 8.26. The molecular formula is C8H18N2O2S2. The molecule has 1 aliphatic heterocycles. The first-order valence-electron chi connectivity index (χ1n) is 4.76. The van der Waals surface area contributed by atoms with Gasteiger partial charge in [-0.05, 0) is 0 Å². The maximum atomic E-state index is 5.46. The summed E-state index contributed by atoms with van der Waals surface area (Å²) >= 11 is 8.08. The van der Waals surface area contributed by atoms with E-state index in [1.54, 1.807) is 0 Å². The summed E-state index contributed by atoms with van der Waals surface area (Å²) in [6.45, 7) is 5.20. The van der Waals surface area contributed by atoms with Crippen molar-refractivity contribution in [1.82, 2.24) is 9.96 Å². The highest BCUT2D eigenvalue weighted by molar-refractivity contribution is 7.80. The van der Waals surface area contributed by atoms with E-state index in [-0.39, 0.29) is 0 Å². The molecule has 0 aliphatic carbocycles. The summed E-state index contributed by atoms with van der Waals surface area (Å²) in [4.78, 5) is 7.71. The molecule has 0 spiro atoms. The van der Waals surface area contributed by atoms with E-state index in [4.69, 9.17) is 9.57 Å². The Hall–Kier alpha value is 0.540. The molecule has 1 rings (SSSR count). The molecule has 1 fully saturated rings. The highest BCUT2D eigenvalue weighted by atomic mass is 32.1. The lowest BCUT2D eigenvalue weighted by atomic mass is 10.4. The lowest BCUT2D eigenvalue weighted by Crippen LogP contribution is -2.46. The van der Waals surface area contributed by atoms with Crippen LogP contribution in [0.4, 0.5) is 0 Å². The fraction of sp³-hybridized carbons (Fsp3) is 1.00. The number of ether oxygens (including phenoxy) is 1. The van der Waals surface area contributed by atoms with Crippen LogP contribution >= 0.6 is 25.3 Å². The molecule has 4 nitrogen and oxygen atoms in total. The van der Waals surface area contributed by atoms with E-state index < -0.39 is 0 Å². The van der Waals surface area contributed by atoms with Gasteiger partial charge in [-0.25, -0.2) is 0 Å². The summed E-state index contributed by atoms with van der Waals surface area (Å²) in [5.41, 5.74) is 0. The van der Waals surface area contributed by atoms with Crippen LogP contribution in [0.2, 0.25) is 0 Å². The third kappa shape index (κ3) is 4.86. The zero-order valence-corrected chi connectivity index (χ0v) is 10.1. The molecule has 0 radical (unpaired) electrons. The van der Waals surface area contributed by atoms with Gasteiger partial charge in [-0.15, -0.1) is 0 Å². The van der Waals surface area contributed by atoms with E-state index in [1.807, 2.05) is 5.06 Å². The second kappa shape index (κ2) is 7.78. The molecule has 0 unspecified atom stereocenters. The van der Waals surface area contributed by atoms with Crippen LogP contribution in [0.3, 0.4) is 0 Å². The fourth-order valence-corrected chi connectivity index (χ4v) is 1.49. The SMILES string of the molecule is SCCON1CCN(COCS)CC1. The zero-order chi connectivity index (χ0) is 10.2. The van der Waals surface area contributed by atoms with Gasteiger partial charge in [0, 0.05) is 31.9 Å². The number of nitrogens with zero attached hydrogens (tertiary/aromatic N) is 2. The Morgan fingerprint density at radius 1 is 1.07 bits per heavy atom. The number of piperazine rings is 1. The van der Waals surface area contributed by atoms with Gasteiger partial charge in [0.25, 0.3) is 0 Å². The van der Waals surface area contributed by atoms with Crippen LogP contribution in [-0.2, 0) is 9.57 Å². The van der Waals surface area contributed by atoms with Crippen LogP contribution in [0, 0.1) is 0 Å². The Labute approximate surface area is 96.3 Å². The minimum atomic E-state index is 0.483. The molecule has 1 saturated heterocycles. The number of hydrogen-bond donors (Lipinski definition) is 2. The van der Waals surface area contributed by atoms with Gasteiger partial charge in [-0.2, -0.15) is 30.3 Å². The summed E-state index contributed by atoms with van der Waals surface area (Å²) in [5.74, 6) is 1.25. The van der Waals surface area contributed by atoms with E-state index in [9.17, 15) is 0 Å². The minimum absolute atomic E-state index is 0.483. The summed E-state index contributed by atoms with van der Waals surface area (Å²) < 4.78 is 5.21. The highest BCUT2D eigenvalue weighted by Gasteiger charge is 2.16. The van der Waals surface area contributed by atoms with E-state index in [0.717, 1.165) is 31.9 Å². The molecule has 0 N–H and O–H groups in total. The summed E-state index contributed by atoms with van der Waals surface area (Å²) in [6, 6.07) is 0. The van der Waals surface area contributed by atoms with Crippen LogP contribution in [0.5, 0.6) is 0 Å². The highest BCUT2D eigenvalue weighted by Crippen LogP contribution is 2.02. The molecule has 0 saturated carbocycles. The van der Waals surface area contributed by atoms with Crippen molar-refractivity contribution in [2.24, 2.45) is 0 Å². The Morgan fingerprint density at radius 2 is 1.79 bits per heavy atom. The van der Waals surface area contributed by atoms with Gasteiger partial charge in [0.1, 0.15) is 6.73 Å². The largest absolute Gasteiger partial charge is 0.356 e. The number of hydrogen-bond acceptors (Lipinski definition) is 6. The van der Waals surface area contributed by atoms with Crippen LogP contribution in [0.15, 0.2) is 0 Å². The molecule has 0 amide bonds. The van der Waals surface area contributed by atoms with Crippen molar-refractivity contribution < 1.29 is 9.57 Å². The van der Waals surface area contributed by atoms with Crippen molar-refractivity contribution in [3.05, 3.63) is 0 Å². The van der Waals surface area contributed by atoms with Crippen LogP contribution < -0.4 is 0 Å². The van der Waals surface area contributed by atoms with Crippen molar-refractivity contribution >= 4 is 25.3 Å². The maximum Gasteiger partial charge on any atom is 0.100 e. The maximum absolute atomic E-state index is 5.46. The average molecular weight is 238 g/mol. The third-order valence-corrected chi connectivity index (χ3v) is 2.43. The molecule has 1 heterocycles. The molecule has 0 bridgehead atoms. The van der Waals surface area contributed by atoms with Crippen molar-refractivity contribution in [2.45, 2.75) is 0 Å². The third-order valence-electron chi connectivity index (χ3n) is 2.06. The summed E-state index contributed by atoms with van der Waals surface area (Å²) in [7, 11) is 0. The van der Waals surface area contributed by atoms with Gasteiger partial charge < -0.3 is 4.74 Å². The second-order valence-corrected chi connectivity index (χ2v) is 3.77. The van der Waals surface area contributed by atoms with E-state index in [1.165, 1.54) is 0 Å². The molecule has 0 aromatic heterocycles. The van der Waals surface area contributed by atoms with Crippen LogP contribution in [-0.4, -0.2) is 61.2 Å². The minimum Gasteiger partial charge on any atom is -0.356 e. The van der Waals surface area contributed by atoms with Gasteiger partial charge in [-0.1, -0.05) is 0 Å². The fourth-order valence-electron chi connectivity index (χ4n) is 1.33. The first-order valence-corrected chi connectivity index (χ1v) is 6.03. The van der Waals surface area contributed by atoms with Gasteiger partial charge in [-0.3, -0.25) is 9.74 Å². The molecule has 1 aliphatic rings. The smallest absolute Gasteiger partial charge is 0.100 e. The van der Waals surface area contributed by atoms with Crippen molar-refractivity contribution in [1.29, 1.82) is 0 Å². The first kappa shape index (κ1) is 12.6. The van der Waals surface area contributed by atoms with Crippen molar-refractivity contribution in [3.63, 3.8) is 0 Å². The Bertz CT molecular complexity index is 127. The summed E-state index contributed by atoms with van der Waals surface area (Å²) in [5, 5.41) is 1.99. The molecule has 6 heteroatoms.